The van der Waals surface area contributed by atoms with E-state index in [4.69, 9.17) is 10.1 Å². The first-order valence-electron chi connectivity index (χ1n) is 6.30. The summed E-state index contributed by atoms with van der Waals surface area (Å²) >= 11 is 0. The molecule has 0 aliphatic carbocycles. The molecule has 1 aliphatic heterocycles. The number of nitrogens with zero attached hydrogens (tertiary/aromatic N) is 3. The second kappa shape index (κ2) is 7.05. The minimum absolute atomic E-state index is 0.138. The first kappa shape index (κ1) is 14.5. The van der Waals surface area contributed by atoms with Gasteiger partial charge in [0.05, 0.1) is 12.3 Å². The van der Waals surface area contributed by atoms with Crippen LogP contribution in [0.4, 0.5) is 0 Å². The zero-order valence-corrected chi connectivity index (χ0v) is 11.4. The molecule has 0 saturated heterocycles. The van der Waals surface area contributed by atoms with Crippen LogP contribution in [0.3, 0.4) is 0 Å². The van der Waals surface area contributed by atoms with Gasteiger partial charge in [-0.3, -0.25) is 4.79 Å². The van der Waals surface area contributed by atoms with Crippen LogP contribution < -0.4 is 5.32 Å². The summed E-state index contributed by atoms with van der Waals surface area (Å²) in [6, 6.07) is 11.4. The average Bonchev–Trinajstić information content (AvgIpc) is 3.00. The van der Waals surface area contributed by atoms with Gasteiger partial charge in [-0.2, -0.15) is 5.26 Å². The minimum Gasteiger partial charge on any atom is -0.398 e. The Bertz CT molecular complexity index is 604. The molecule has 0 spiro atoms. The fraction of sp³-hybridized carbons (Fsp3) is 0.286. The van der Waals surface area contributed by atoms with Crippen molar-refractivity contribution in [1.82, 2.24) is 5.32 Å². The Hall–Kier alpha value is -2.88. The second-order valence-electron chi connectivity index (χ2n) is 4.28. The van der Waals surface area contributed by atoms with Gasteiger partial charge in [0.25, 0.3) is 5.91 Å². The van der Waals surface area contributed by atoms with Gasteiger partial charge >= 0.3 is 0 Å². The molecule has 0 aromatic heterocycles. The van der Waals surface area contributed by atoms with Gasteiger partial charge in [-0.15, -0.1) is 0 Å². The van der Waals surface area contributed by atoms with Crippen LogP contribution in [0.5, 0.6) is 0 Å². The number of nitriles is 1. The number of hydrogen-bond donors (Lipinski definition) is 1. The fourth-order valence-corrected chi connectivity index (χ4v) is 1.85. The molecule has 2 rings (SSSR count). The van der Waals surface area contributed by atoms with Crippen LogP contribution in [0.15, 0.2) is 40.6 Å². The first-order chi connectivity index (χ1) is 10.2. The van der Waals surface area contributed by atoms with Gasteiger partial charge in [0.2, 0.25) is 5.71 Å². The molecule has 21 heavy (non-hydrogen) atoms. The van der Waals surface area contributed by atoms with Crippen molar-refractivity contribution in [2.45, 2.75) is 12.5 Å². The van der Waals surface area contributed by atoms with E-state index < -0.39 is 5.91 Å². The molecule has 0 saturated carbocycles. The van der Waals surface area contributed by atoms with Crippen molar-refractivity contribution >= 4 is 17.3 Å². The molecular weight excluding hydrogens is 272 g/mol. The summed E-state index contributed by atoms with van der Waals surface area (Å²) < 4.78 is 0. The number of hydrogen-bond acceptors (Lipinski definition) is 6. The molecule has 1 unspecified atom stereocenters. The van der Waals surface area contributed by atoms with Crippen LogP contribution in [0, 0.1) is 11.3 Å². The van der Waals surface area contributed by atoms with Gasteiger partial charge < -0.3 is 15.0 Å². The van der Waals surface area contributed by atoms with E-state index in [0.29, 0.717) is 12.1 Å². The molecular formula is C14H14N4O3. The van der Waals surface area contributed by atoms with Crippen molar-refractivity contribution in [2.24, 2.45) is 10.3 Å². The average molecular weight is 286 g/mol. The summed E-state index contributed by atoms with van der Waals surface area (Å²) in [5.74, 6) is -0.606. The van der Waals surface area contributed by atoms with Crippen molar-refractivity contribution in [3.8, 4) is 6.07 Å². The molecule has 1 atom stereocenters. The Morgan fingerprint density at radius 2 is 2.33 bits per heavy atom. The number of amides is 1. The molecule has 1 aromatic rings. The lowest BCUT2D eigenvalue weighted by molar-refractivity contribution is -0.114. The number of oxime groups is 2. The number of benzene rings is 1. The zero-order valence-electron chi connectivity index (χ0n) is 11.4. The zero-order chi connectivity index (χ0) is 15.1. The Morgan fingerprint density at radius 1 is 1.57 bits per heavy atom. The maximum atomic E-state index is 11.6. The lowest BCUT2D eigenvalue weighted by Crippen LogP contribution is -2.34. The normalized spacial score (nSPS) is 17.4. The summed E-state index contributed by atoms with van der Waals surface area (Å²) in [4.78, 5) is 21.4. The number of nitrogens with one attached hydrogen (secondary N) is 1. The third-order valence-electron chi connectivity index (χ3n) is 2.86. The van der Waals surface area contributed by atoms with Crippen LogP contribution in [0.25, 0.3) is 0 Å². The largest absolute Gasteiger partial charge is 0.398 e. The summed E-state index contributed by atoms with van der Waals surface area (Å²) in [7, 11) is 1.27. The van der Waals surface area contributed by atoms with Gasteiger partial charge in [0, 0.05) is 6.42 Å². The van der Waals surface area contributed by atoms with Crippen LogP contribution in [0.2, 0.25) is 0 Å². The van der Waals surface area contributed by atoms with Crippen LogP contribution in [0.1, 0.15) is 18.1 Å². The van der Waals surface area contributed by atoms with E-state index in [9.17, 15) is 4.79 Å². The van der Waals surface area contributed by atoms with E-state index in [1.165, 1.54) is 7.11 Å². The molecule has 0 bridgehead atoms. The summed E-state index contributed by atoms with van der Waals surface area (Å²) in [6.45, 7) is 0.201. The quantitative estimate of drug-likeness (QED) is 0.648. The Balaban J connectivity index is 1.85. The van der Waals surface area contributed by atoms with Gasteiger partial charge in [-0.05, 0) is 5.56 Å². The monoisotopic (exact) mass is 286 g/mol. The standard InChI is InChI=1S/C14H14N4O3/c1-20-18-12(8-15)14(19)16-9-11-7-13(21-17-11)10-5-3-2-4-6-10/h2-6,13H,7,9H2,1H3,(H,16,19)/b18-12+. The second-order valence-corrected chi connectivity index (χ2v) is 4.28. The van der Waals surface area contributed by atoms with E-state index in [1.807, 2.05) is 30.3 Å². The van der Waals surface area contributed by atoms with E-state index >= 15 is 0 Å². The highest BCUT2D eigenvalue weighted by Gasteiger charge is 2.23. The predicted molar refractivity (Wildman–Crippen MR) is 75.4 cm³/mol. The van der Waals surface area contributed by atoms with Crippen LogP contribution in [-0.2, 0) is 14.5 Å². The molecule has 108 valence electrons. The summed E-state index contributed by atoms with van der Waals surface area (Å²) in [6.07, 6.45) is 0.453. The van der Waals surface area contributed by atoms with Crippen molar-refractivity contribution in [3.05, 3.63) is 35.9 Å². The maximum absolute atomic E-state index is 11.6. The lowest BCUT2D eigenvalue weighted by atomic mass is 10.0. The number of carbonyl (C=O) groups is 1. The van der Waals surface area contributed by atoms with Gasteiger partial charge in [0.1, 0.15) is 13.2 Å². The molecule has 1 aromatic carbocycles. The molecule has 0 radical (unpaired) electrons. The highest BCUT2D eigenvalue weighted by Crippen LogP contribution is 2.26. The molecule has 1 N–H and O–H groups in total. The Kier molecular flexibility index (Phi) is 4.88. The maximum Gasteiger partial charge on any atom is 0.284 e. The molecule has 1 amide bonds. The molecule has 7 nitrogen and oxygen atoms in total. The Morgan fingerprint density at radius 3 is 3.00 bits per heavy atom. The Labute approximate surface area is 121 Å². The minimum atomic E-state index is -0.606. The smallest absolute Gasteiger partial charge is 0.284 e. The van der Waals surface area contributed by atoms with E-state index in [0.717, 1.165) is 5.56 Å². The predicted octanol–water partition coefficient (Wildman–Crippen LogP) is 1.15. The van der Waals surface area contributed by atoms with Crippen molar-refractivity contribution in [1.29, 1.82) is 5.26 Å². The van der Waals surface area contributed by atoms with Crippen LogP contribution >= 0.6 is 0 Å². The fourth-order valence-electron chi connectivity index (χ4n) is 1.85. The van der Waals surface area contributed by atoms with Crippen molar-refractivity contribution < 1.29 is 14.5 Å². The molecule has 1 heterocycles. The van der Waals surface area contributed by atoms with Gasteiger partial charge in [-0.1, -0.05) is 40.6 Å². The molecule has 7 heteroatoms. The topological polar surface area (TPSA) is 96.1 Å². The van der Waals surface area contributed by atoms with E-state index in [-0.39, 0.29) is 18.4 Å². The molecule has 1 aliphatic rings. The van der Waals surface area contributed by atoms with Gasteiger partial charge in [0.15, 0.2) is 6.10 Å². The van der Waals surface area contributed by atoms with Crippen molar-refractivity contribution in [2.75, 3.05) is 13.7 Å². The van der Waals surface area contributed by atoms with Crippen LogP contribution in [-0.4, -0.2) is 31.0 Å². The van der Waals surface area contributed by atoms with E-state index in [1.54, 1.807) is 6.07 Å². The first-order valence-corrected chi connectivity index (χ1v) is 6.30. The summed E-state index contributed by atoms with van der Waals surface area (Å²) in [5.41, 5.74) is 1.39. The number of carbonyl (C=O) groups excluding carboxylic acids is 1. The highest BCUT2D eigenvalue weighted by molar-refractivity contribution is 6.45. The highest BCUT2D eigenvalue weighted by atomic mass is 16.6. The lowest BCUT2D eigenvalue weighted by Gasteiger charge is -2.07. The van der Waals surface area contributed by atoms with Crippen molar-refractivity contribution in [3.63, 3.8) is 0 Å². The SMILES string of the molecule is CO/N=C(\C#N)C(=O)NCC1=NOC(c2ccccc2)C1. The third-order valence-corrected chi connectivity index (χ3v) is 2.86. The van der Waals surface area contributed by atoms with Gasteiger partial charge in [-0.25, -0.2) is 0 Å². The molecule has 0 fully saturated rings. The van der Waals surface area contributed by atoms with E-state index in [2.05, 4.69) is 20.5 Å². The third kappa shape index (κ3) is 3.79. The summed E-state index contributed by atoms with van der Waals surface area (Å²) in [5, 5.41) is 18.6. The number of rotatable bonds is 5.